The van der Waals surface area contributed by atoms with Gasteiger partial charge in [0.2, 0.25) is 0 Å². The number of nitrogens with one attached hydrogen (secondary N) is 1. The van der Waals surface area contributed by atoms with Gasteiger partial charge < -0.3 is 10.4 Å². The summed E-state index contributed by atoms with van der Waals surface area (Å²) in [7, 11) is 0. The molecule has 0 fully saturated rings. The zero-order valence-corrected chi connectivity index (χ0v) is 9.63. The summed E-state index contributed by atoms with van der Waals surface area (Å²) in [6, 6.07) is 6.11. The Balaban J connectivity index is 2.29. The highest BCUT2D eigenvalue weighted by Gasteiger charge is 2.14. The van der Waals surface area contributed by atoms with Crippen LogP contribution in [0.4, 0.5) is 10.1 Å². The Morgan fingerprint density at radius 2 is 1.84 bits per heavy atom. The number of aromatic carboxylic acids is 1. The van der Waals surface area contributed by atoms with E-state index in [9.17, 15) is 14.0 Å². The number of pyridine rings is 1. The summed E-state index contributed by atoms with van der Waals surface area (Å²) < 4.78 is 13.0. The first-order valence-corrected chi connectivity index (χ1v) is 5.32. The van der Waals surface area contributed by atoms with Crippen LogP contribution in [0.3, 0.4) is 0 Å². The Bertz CT molecular complexity index is 629. The van der Waals surface area contributed by atoms with Crippen molar-refractivity contribution in [3.63, 3.8) is 0 Å². The van der Waals surface area contributed by atoms with E-state index in [1.807, 2.05) is 0 Å². The third-order valence-electron chi connectivity index (χ3n) is 2.40. The SMILES string of the molecule is O=C(Nc1ccc(F)cc1C(=O)O)c1ccncc1. The molecule has 6 heteroatoms. The predicted molar refractivity (Wildman–Crippen MR) is 65.5 cm³/mol. The number of carboxylic acid groups (broad SMARTS) is 1. The average molecular weight is 260 g/mol. The van der Waals surface area contributed by atoms with E-state index in [4.69, 9.17) is 5.11 Å². The topological polar surface area (TPSA) is 79.3 Å². The van der Waals surface area contributed by atoms with Crippen LogP contribution in [0.1, 0.15) is 20.7 Å². The number of halogens is 1. The molecule has 2 rings (SSSR count). The van der Waals surface area contributed by atoms with Gasteiger partial charge in [0.15, 0.2) is 0 Å². The van der Waals surface area contributed by atoms with Crippen molar-refractivity contribution >= 4 is 17.6 Å². The number of carbonyl (C=O) groups excluding carboxylic acids is 1. The van der Waals surface area contributed by atoms with Crippen LogP contribution in [-0.4, -0.2) is 22.0 Å². The van der Waals surface area contributed by atoms with Gasteiger partial charge in [-0.15, -0.1) is 0 Å². The van der Waals surface area contributed by atoms with Crippen LogP contribution in [0.25, 0.3) is 0 Å². The van der Waals surface area contributed by atoms with Gasteiger partial charge in [0.25, 0.3) is 5.91 Å². The summed E-state index contributed by atoms with van der Waals surface area (Å²) in [5, 5.41) is 11.4. The Hall–Kier alpha value is -2.76. The standard InChI is InChI=1S/C13H9FN2O3/c14-9-1-2-11(10(7-9)13(18)19)16-12(17)8-3-5-15-6-4-8/h1-7H,(H,16,17)(H,18,19). The van der Waals surface area contributed by atoms with Crippen molar-refractivity contribution in [3.05, 3.63) is 59.7 Å². The minimum atomic E-state index is -1.32. The molecule has 5 nitrogen and oxygen atoms in total. The molecule has 2 N–H and O–H groups in total. The maximum atomic E-state index is 13.0. The molecule has 1 amide bonds. The lowest BCUT2D eigenvalue weighted by molar-refractivity contribution is 0.0697. The summed E-state index contributed by atoms with van der Waals surface area (Å²) in [6.07, 6.45) is 2.88. The maximum absolute atomic E-state index is 13.0. The second kappa shape index (κ2) is 5.26. The Kier molecular flexibility index (Phi) is 3.51. The first-order chi connectivity index (χ1) is 9.08. The van der Waals surface area contributed by atoms with Crippen molar-refractivity contribution in [2.45, 2.75) is 0 Å². The summed E-state index contributed by atoms with van der Waals surface area (Å²) in [4.78, 5) is 26.6. The van der Waals surface area contributed by atoms with E-state index in [1.165, 1.54) is 30.6 Å². The second-order valence-corrected chi connectivity index (χ2v) is 3.69. The third kappa shape index (κ3) is 2.92. The number of rotatable bonds is 3. The zero-order valence-electron chi connectivity index (χ0n) is 9.63. The fraction of sp³-hybridized carbons (Fsp3) is 0. The van der Waals surface area contributed by atoms with E-state index in [-0.39, 0.29) is 11.3 Å². The second-order valence-electron chi connectivity index (χ2n) is 3.69. The lowest BCUT2D eigenvalue weighted by atomic mass is 10.1. The van der Waals surface area contributed by atoms with E-state index in [0.29, 0.717) is 5.56 Å². The monoisotopic (exact) mass is 260 g/mol. The predicted octanol–water partition coefficient (Wildman–Crippen LogP) is 2.17. The average Bonchev–Trinajstić information content (AvgIpc) is 2.41. The van der Waals surface area contributed by atoms with Crippen LogP contribution in [0.15, 0.2) is 42.7 Å². The highest BCUT2D eigenvalue weighted by Crippen LogP contribution is 2.18. The van der Waals surface area contributed by atoms with Gasteiger partial charge in [-0.25, -0.2) is 9.18 Å². The first-order valence-electron chi connectivity index (χ1n) is 5.32. The summed E-state index contributed by atoms with van der Waals surface area (Å²) in [5.41, 5.74) is 0.0637. The number of hydrogen-bond donors (Lipinski definition) is 2. The highest BCUT2D eigenvalue weighted by molar-refractivity contribution is 6.07. The molecule has 0 saturated heterocycles. The molecule has 0 aliphatic heterocycles. The van der Waals surface area contributed by atoms with Crippen molar-refractivity contribution in [1.82, 2.24) is 4.98 Å². The van der Waals surface area contributed by atoms with Crippen LogP contribution >= 0.6 is 0 Å². The van der Waals surface area contributed by atoms with Gasteiger partial charge in [-0.3, -0.25) is 9.78 Å². The Labute approximate surface area is 107 Å². The zero-order chi connectivity index (χ0) is 13.8. The van der Waals surface area contributed by atoms with Gasteiger partial charge in [-0.1, -0.05) is 0 Å². The summed E-state index contributed by atoms with van der Waals surface area (Å²) in [6.45, 7) is 0. The number of anilines is 1. The molecule has 1 aromatic heterocycles. The van der Waals surface area contributed by atoms with Crippen molar-refractivity contribution in [2.75, 3.05) is 5.32 Å². The maximum Gasteiger partial charge on any atom is 0.337 e. The minimum Gasteiger partial charge on any atom is -0.478 e. The number of aromatic nitrogens is 1. The van der Waals surface area contributed by atoms with E-state index >= 15 is 0 Å². The van der Waals surface area contributed by atoms with Gasteiger partial charge in [0, 0.05) is 18.0 Å². The molecule has 0 radical (unpaired) electrons. The molecule has 2 aromatic rings. The fourth-order valence-electron chi connectivity index (χ4n) is 1.50. The quantitative estimate of drug-likeness (QED) is 0.886. The molecule has 96 valence electrons. The number of amides is 1. The molecule has 19 heavy (non-hydrogen) atoms. The normalized spacial score (nSPS) is 9.95. The number of benzene rings is 1. The van der Waals surface area contributed by atoms with Gasteiger partial charge >= 0.3 is 5.97 Å². The van der Waals surface area contributed by atoms with Crippen LogP contribution < -0.4 is 5.32 Å². The van der Waals surface area contributed by atoms with Crippen molar-refractivity contribution in [2.24, 2.45) is 0 Å². The molecule has 1 heterocycles. The molecule has 0 saturated carbocycles. The van der Waals surface area contributed by atoms with Crippen LogP contribution in [-0.2, 0) is 0 Å². The minimum absolute atomic E-state index is 0.0377. The molecular weight excluding hydrogens is 251 g/mol. The number of hydrogen-bond acceptors (Lipinski definition) is 3. The lowest BCUT2D eigenvalue weighted by Crippen LogP contribution is -2.15. The van der Waals surface area contributed by atoms with Crippen molar-refractivity contribution in [1.29, 1.82) is 0 Å². The molecular formula is C13H9FN2O3. The van der Waals surface area contributed by atoms with Gasteiger partial charge in [-0.05, 0) is 30.3 Å². The van der Waals surface area contributed by atoms with Gasteiger partial charge in [0.05, 0.1) is 11.3 Å². The fourth-order valence-corrected chi connectivity index (χ4v) is 1.50. The van der Waals surface area contributed by atoms with Crippen LogP contribution in [0.5, 0.6) is 0 Å². The summed E-state index contributed by atoms with van der Waals surface area (Å²) in [5.74, 6) is -2.49. The van der Waals surface area contributed by atoms with E-state index in [1.54, 1.807) is 0 Å². The Morgan fingerprint density at radius 3 is 2.47 bits per heavy atom. The number of carboxylic acids is 1. The smallest absolute Gasteiger partial charge is 0.337 e. The number of carbonyl (C=O) groups is 2. The summed E-state index contributed by atoms with van der Waals surface area (Å²) >= 11 is 0. The molecule has 0 spiro atoms. The molecule has 1 aromatic carbocycles. The van der Waals surface area contributed by atoms with E-state index in [2.05, 4.69) is 10.3 Å². The molecule has 0 aliphatic rings. The highest BCUT2D eigenvalue weighted by atomic mass is 19.1. The van der Waals surface area contributed by atoms with E-state index in [0.717, 1.165) is 12.1 Å². The van der Waals surface area contributed by atoms with E-state index < -0.39 is 17.7 Å². The molecule has 0 aliphatic carbocycles. The van der Waals surface area contributed by atoms with Gasteiger partial charge in [0.1, 0.15) is 5.82 Å². The van der Waals surface area contributed by atoms with Gasteiger partial charge in [-0.2, -0.15) is 0 Å². The largest absolute Gasteiger partial charge is 0.478 e. The van der Waals surface area contributed by atoms with Crippen LogP contribution in [0.2, 0.25) is 0 Å². The van der Waals surface area contributed by atoms with Crippen molar-refractivity contribution in [3.8, 4) is 0 Å². The van der Waals surface area contributed by atoms with Crippen molar-refractivity contribution < 1.29 is 19.1 Å². The third-order valence-corrected chi connectivity index (χ3v) is 2.40. The lowest BCUT2D eigenvalue weighted by Gasteiger charge is -2.08. The van der Waals surface area contributed by atoms with Crippen LogP contribution in [0, 0.1) is 5.82 Å². The Morgan fingerprint density at radius 1 is 1.16 bits per heavy atom. The molecule has 0 unspecified atom stereocenters. The molecule has 0 bridgehead atoms. The molecule has 0 atom stereocenters. The number of nitrogens with zero attached hydrogens (tertiary/aromatic N) is 1. The first kappa shape index (κ1) is 12.7.